The van der Waals surface area contributed by atoms with Gasteiger partial charge in [-0.05, 0) is 61.7 Å². The summed E-state index contributed by atoms with van der Waals surface area (Å²) in [7, 11) is 0. The highest BCUT2D eigenvalue weighted by Gasteiger charge is 2.16. The molecule has 0 aliphatic heterocycles. The Morgan fingerprint density at radius 1 is 1.22 bits per heavy atom. The molecule has 0 aliphatic carbocycles. The number of rotatable bonds is 3. The minimum absolute atomic E-state index is 0.432. The van der Waals surface area contributed by atoms with E-state index in [1.807, 2.05) is 6.07 Å². The van der Waals surface area contributed by atoms with Crippen molar-refractivity contribution in [1.29, 1.82) is 0 Å². The minimum Gasteiger partial charge on any atom is -0.388 e. The van der Waals surface area contributed by atoms with E-state index in [2.05, 4.69) is 31.9 Å². The van der Waals surface area contributed by atoms with Gasteiger partial charge in [0.15, 0.2) is 0 Å². The van der Waals surface area contributed by atoms with Crippen LogP contribution < -0.4 is 0 Å². The van der Waals surface area contributed by atoms with Crippen molar-refractivity contribution in [3.8, 4) is 0 Å². The molecule has 0 bridgehead atoms. The van der Waals surface area contributed by atoms with Crippen molar-refractivity contribution >= 4 is 66.4 Å². The first-order chi connectivity index (χ1) is 8.47. The van der Waals surface area contributed by atoms with E-state index < -0.39 is 6.10 Å². The van der Waals surface area contributed by atoms with Gasteiger partial charge >= 0.3 is 0 Å². The van der Waals surface area contributed by atoms with Crippen molar-refractivity contribution in [3.63, 3.8) is 0 Å². The van der Waals surface area contributed by atoms with Crippen LogP contribution in [-0.2, 0) is 6.42 Å². The topological polar surface area (TPSA) is 20.2 Å². The lowest BCUT2D eigenvalue weighted by molar-refractivity contribution is 0.178. The van der Waals surface area contributed by atoms with Crippen molar-refractivity contribution in [2.24, 2.45) is 0 Å². The van der Waals surface area contributed by atoms with Crippen LogP contribution in [0.2, 0.25) is 10.0 Å². The number of thiophene rings is 1. The number of aliphatic hydroxyl groups is 1. The summed E-state index contributed by atoms with van der Waals surface area (Å²) in [4.78, 5) is 0. The molecule has 18 heavy (non-hydrogen) atoms. The normalized spacial score (nSPS) is 12.7. The Hall–Kier alpha value is 0.420. The number of hydrogen-bond acceptors (Lipinski definition) is 2. The van der Waals surface area contributed by atoms with Gasteiger partial charge in [-0.1, -0.05) is 23.2 Å². The van der Waals surface area contributed by atoms with E-state index >= 15 is 0 Å². The van der Waals surface area contributed by atoms with Crippen LogP contribution in [0, 0.1) is 0 Å². The summed E-state index contributed by atoms with van der Waals surface area (Å²) in [6.45, 7) is 0. The highest BCUT2D eigenvalue weighted by Crippen LogP contribution is 2.37. The summed E-state index contributed by atoms with van der Waals surface area (Å²) in [6, 6.07) is 7.15. The number of aliphatic hydroxyl groups excluding tert-OH is 1. The second-order valence-electron chi connectivity index (χ2n) is 3.74. The fraction of sp³-hybridized carbons (Fsp3) is 0.167. The molecular weight excluding hydrogens is 423 g/mol. The van der Waals surface area contributed by atoms with Gasteiger partial charge in [0, 0.05) is 22.0 Å². The largest absolute Gasteiger partial charge is 0.388 e. The molecule has 0 aliphatic rings. The van der Waals surface area contributed by atoms with E-state index in [9.17, 15) is 5.11 Å². The zero-order chi connectivity index (χ0) is 13.3. The molecule has 2 rings (SSSR count). The Bertz CT molecular complexity index is 571. The maximum absolute atomic E-state index is 10.2. The lowest BCUT2D eigenvalue weighted by Crippen LogP contribution is -2.01. The Kier molecular flexibility index (Phi) is 5.14. The number of benzene rings is 1. The van der Waals surface area contributed by atoms with Crippen molar-refractivity contribution in [2.75, 3.05) is 0 Å². The van der Waals surface area contributed by atoms with E-state index in [0.29, 0.717) is 16.5 Å². The quantitative estimate of drug-likeness (QED) is 0.647. The van der Waals surface area contributed by atoms with Crippen LogP contribution in [0.4, 0.5) is 0 Å². The first-order valence-corrected chi connectivity index (χ1v) is 8.20. The molecule has 1 nitrogen and oxygen atoms in total. The van der Waals surface area contributed by atoms with Crippen LogP contribution in [0.15, 0.2) is 31.8 Å². The first kappa shape index (κ1) is 14.8. The molecule has 0 fully saturated rings. The zero-order valence-corrected chi connectivity index (χ0v) is 14.5. The smallest absolute Gasteiger partial charge is 0.0850 e. The minimum atomic E-state index is -0.613. The molecule has 1 atom stereocenters. The van der Waals surface area contributed by atoms with Crippen molar-refractivity contribution in [1.82, 2.24) is 0 Å². The molecule has 1 N–H and O–H groups in total. The first-order valence-electron chi connectivity index (χ1n) is 5.04. The maximum Gasteiger partial charge on any atom is 0.0850 e. The number of hydrogen-bond donors (Lipinski definition) is 1. The highest BCUT2D eigenvalue weighted by atomic mass is 79.9. The number of halogens is 4. The molecule has 1 heterocycles. The molecule has 0 spiro atoms. The van der Waals surface area contributed by atoms with Gasteiger partial charge in [-0.15, -0.1) is 11.3 Å². The maximum atomic E-state index is 10.2. The second-order valence-corrected chi connectivity index (χ2v) is 8.33. The SMILES string of the molecule is OC(Cc1cc(Cl)ccc1Cl)c1cc(Br)sc1Br. The van der Waals surface area contributed by atoms with Gasteiger partial charge in [-0.2, -0.15) is 0 Å². The molecule has 1 unspecified atom stereocenters. The summed E-state index contributed by atoms with van der Waals surface area (Å²) in [5.41, 5.74) is 1.69. The Morgan fingerprint density at radius 2 is 1.94 bits per heavy atom. The Balaban J connectivity index is 2.23. The molecule has 1 aromatic carbocycles. The van der Waals surface area contributed by atoms with Crippen molar-refractivity contribution in [2.45, 2.75) is 12.5 Å². The van der Waals surface area contributed by atoms with Crippen LogP contribution >= 0.6 is 66.4 Å². The van der Waals surface area contributed by atoms with Gasteiger partial charge in [0.25, 0.3) is 0 Å². The molecule has 6 heteroatoms. The average molecular weight is 431 g/mol. The monoisotopic (exact) mass is 428 g/mol. The standard InChI is InChI=1S/C12H8Br2Cl2OS/c13-11-5-8(12(14)18-11)10(17)4-6-3-7(15)1-2-9(6)16/h1-3,5,10,17H,4H2. The van der Waals surface area contributed by atoms with Gasteiger partial charge in [0.2, 0.25) is 0 Å². The molecule has 1 aromatic heterocycles. The van der Waals surface area contributed by atoms with E-state index in [1.165, 1.54) is 11.3 Å². The summed E-state index contributed by atoms with van der Waals surface area (Å²) in [6.07, 6.45) is -0.181. The van der Waals surface area contributed by atoms with Crippen molar-refractivity contribution < 1.29 is 5.11 Å². The van der Waals surface area contributed by atoms with Gasteiger partial charge in [-0.25, -0.2) is 0 Å². The van der Waals surface area contributed by atoms with E-state index in [1.54, 1.807) is 18.2 Å². The summed E-state index contributed by atoms with van der Waals surface area (Å²) >= 11 is 20.4. The van der Waals surface area contributed by atoms with Crippen LogP contribution in [-0.4, -0.2) is 5.11 Å². The summed E-state index contributed by atoms with van der Waals surface area (Å²) < 4.78 is 1.89. The third kappa shape index (κ3) is 3.50. The molecule has 0 amide bonds. The fourth-order valence-electron chi connectivity index (χ4n) is 1.60. The third-order valence-corrected chi connectivity index (χ3v) is 5.45. The fourth-order valence-corrected chi connectivity index (χ4v) is 4.94. The summed E-state index contributed by atoms with van der Waals surface area (Å²) in [5, 5.41) is 11.5. The lowest BCUT2D eigenvalue weighted by atomic mass is 10.0. The van der Waals surface area contributed by atoms with Crippen LogP contribution in [0.1, 0.15) is 17.2 Å². The Morgan fingerprint density at radius 3 is 2.56 bits per heavy atom. The van der Waals surface area contributed by atoms with Crippen LogP contribution in [0.25, 0.3) is 0 Å². The molecule has 2 aromatic rings. The highest BCUT2D eigenvalue weighted by molar-refractivity contribution is 9.12. The summed E-state index contributed by atoms with van der Waals surface area (Å²) in [5.74, 6) is 0. The molecule has 0 saturated carbocycles. The van der Waals surface area contributed by atoms with E-state index in [4.69, 9.17) is 23.2 Å². The predicted molar refractivity (Wildman–Crippen MR) is 84.8 cm³/mol. The van der Waals surface area contributed by atoms with Crippen LogP contribution in [0.5, 0.6) is 0 Å². The van der Waals surface area contributed by atoms with E-state index in [0.717, 1.165) is 18.7 Å². The Labute approximate surface area is 136 Å². The van der Waals surface area contributed by atoms with Gasteiger partial charge in [0.05, 0.1) is 13.7 Å². The lowest BCUT2D eigenvalue weighted by Gasteiger charge is -2.11. The van der Waals surface area contributed by atoms with Crippen molar-refractivity contribution in [3.05, 3.63) is 53.0 Å². The zero-order valence-electron chi connectivity index (χ0n) is 8.96. The van der Waals surface area contributed by atoms with Crippen LogP contribution in [0.3, 0.4) is 0 Å². The van der Waals surface area contributed by atoms with E-state index in [-0.39, 0.29) is 0 Å². The van der Waals surface area contributed by atoms with Gasteiger partial charge in [-0.3, -0.25) is 0 Å². The molecule has 96 valence electrons. The second kappa shape index (κ2) is 6.25. The van der Waals surface area contributed by atoms with Gasteiger partial charge < -0.3 is 5.11 Å². The van der Waals surface area contributed by atoms with Gasteiger partial charge in [0.1, 0.15) is 0 Å². The molecule has 0 saturated heterocycles. The predicted octanol–water partition coefficient (Wildman–Crippen LogP) is 5.86. The molecule has 0 radical (unpaired) electrons. The third-order valence-electron chi connectivity index (χ3n) is 2.46. The molecular formula is C12H8Br2Cl2OS. The average Bonchev–Trinajstić information content (AvgIpc) is 2.63.